The highest BCUT2D eigenvalue weighted by molar-refractivity contribution is 5.92. The van der Waals surface area contributed by atoms with Gasteiger partial charge in [0.05, 0.1) is 5.69 Å². The van der Waals surface area contributed by atoms with Crippen molar-refractivity contribution < 1.29 is 9.90 Å². The molecule has 1 heterocycles. The normalized spacial score (nSPS) is 12.7. The number of hydrogen-bond donors (Lipinski definition) is 2. The lowest BCUT2D eigenvalue weighted by Crippen LogP contribution is -2.40. The number of nitrogens with one attached hydrogen (secondary N) is 1. The molecule has 108 valence electrons. The van der Waals surface area contributed by atoms with Crippen molar-refractivity contribution >= 4 is 5.91 Å². The molecule has 0 aliphatic carbocycles. The molecule has 0 spiro atoms. The second-order valence-electron chi connectivity index (χ2n) is 5.03. The predicted octanol–water partition coefficient (Wildman–Crippen LogP) is 1.60. The van der Waals surface area contributed by atoms with Crippen molar-refractivity contribution in [3.63, 3.8) is 0 Å². The minimum Gasteiger partial charge on any atom is -0.396 e. The van der Waals surface area contributed by atoms with Gasteiger partial charge in [-0.25, -0.2) is 0 Å². The molecule has 0 aromatic carbocycles. The maximum atomic E-state index is 12.3. The molecule has 0 saturated carbocycles. The Morgan fingerprint density at radius 3 is 2.63 bits per heavy atom. The molecule has 1 unspecified atom stereocenters. The molecule has 2 N–H and O–H groups in total. The van der Waals surface area contributed by atoms with Crippen molar-refractivity contribution in [1.82, 2.24) is 15.1 Å². The number of rotatable bonds is 7. The molecule has 1 aromatic heterocycles. The van der Waals surface area contributed by atoms with Gasteiger partial charge in [0.15, 0.2) is 0 Å². The van der Waals surface area contributed by atoms with E-state index < -0.39 is 0 Å². The zero-order valence-electron chi connectivity index (χ0n) is 12.3. The van der Waals surface area contributed by atoms with Crippen LogP contribution in [-0.4, -0.2) is 33.4 Å². The minimum atomic E-state index is -0.110. The first-order chi connectivity index (χ1) is 9.03. The number of aromatic nitrogens is 2. The summed E-state index contributed by atoms with van der Waals surface area (Å²) in [7, 11) is 0. The van der Waals surface area contributed by atoms with Crippen molar-refractivity contribution in [2.75, 3.05) is 6.61 Å². The highest BCUT2D eigenvalue weighted by atomic mass is 16.3. The van der Waals surface area contributed by atoms with Gasteiger partial charge in [0.2, 0.25) is 0 Å². The minimum absolute atomic E-state index is 0.0113. The van der Waals surface area contributed by atoms with E-state index in [1.807, 2.05) is 33.8 Å². The van der Waals surface area contributed by atoms with Gasteiger partial charge in [-0.15, -0.1) is 0 Å². The lowest BCUT2D eigenvalue weighted by atomic mass is 10.0. The smallest absolute Gasteiger partial charge is 0.269 e. The summed E-state index contributed by atoms with van der Waals surface area (Å²) >= 11 is 0. The van der Waals surface area contributed by atoms with E-state index >= 15 is 0 Å². The fourth-order valence-corrected chi connectivity index (χ4v) is 2.02. The van der Waals surface area contributed by atoms with Crippen LogP contribution >= 0.6 is 0 Å². The molecular weight excluding hydrogens is 242 g/mol. The summed E-state index contributed by atoms with van der Waals surface area (Å²) in [4.78, 5) is 12.3. The second-order valence-corrected chi connectivity index (χ2v) is 5.03. The van der Waals surface area contributed by atoms with E-state index in [4.69, 9.17) is 5.11 Å². The van der Waals surface area contributed by atoms with Gasteiger partial charge in [0.1, 0.15) is 5.69 Å². The lowest BCUT2D eigenvalue weighted by Gasteiger charge is -2.21. The van der Waals surface area contributed by atoms with E-state index in [0.717, 1.165) is 12.1 Å². The Labute approximate surface area is 115 Å². The average Bonchev–Trinajstić information content (AvgIpc) is 2.81. The highest BCUT2D eigenvalue weighted by Crippen LogP contribution is 2.10. The number of hydrogen-bond acceptors (Lipinski definition) is 3. The summed E-state index contributed by atoms with van der Waals surface area (Å²) in [6.07, 6.45) is 1.39. The standard InChI is InChI=1S/C14H25N3O2/c1-5-11-9-13(17(6-2)16-11)14(19)15-12(7-8-18)10(3)4/h9-10,12,18H,5-8H2,1-4H3,(H,15,19). The zero-order valence-corrected chi connectivity index (χ0v) is 12.3. The van der Waals surface area contributed by atoms with Crippen molar-refractivity contribution in [1.29, 1.82) is 0 Å². The number of amides is 1. The van der Waals surface area contributed by atoms with E-state index in [1.54, 1.807) is 4.68 Å². The topological polar surface area (TPSA) is 67.2 Å². The number of aryl methyl sites for hydroxylation is 2. The van der Waals surface area contributed by atoms with Crippen LogP contribution in [0.2, 0.25) is 0 Å². The molecule has 0 aliphatic rings. The summed E-state index contributed by atoms with van der Waals surface area (Å²) in [5.74, 6) is 0.181. The molecule has 0 radical (unpaired) electrons. The molecule has 1 rings (SSSR count). The predicted molar refractivity (Wildman–Crippen MR) is 75.1 cm³/mol. The van der Waals surface area contributed by atoms with Crippen LogP contribution in [0.25, 0.3) is 0 Å². The molecule has 0 saturated heterocycles. The van der Waals surface area contributed by atoms with Gasteiger partial charge in [-0.2, -0.15) is 5.10 Å². The van der Waals surface area contributed by atoms with E-state index in [2.05, 4.69) is 10.4 Å². The van der Waals surface area contributed by atoms with Crippen LogP contribution in [0.4, 0.5) is 0 Å². The number of carbonyl (C=O) groups is 1. The third kappa shape index (κ3) is 4.06. The van der Waals surface area contributed by atoms with Gasteiger partial charge in [0, 0.05) is 19.2 Å². The molecule has 0 fully saturated rings. The van der Waals surface area contributed by atoms with E-state index in [0.29, 0.717) is 24.6 Å². The van der Waals surface area contributed by atoms with Crippen LogP contribution in [0.3, 0.4) is 0 Å². The summed E-state index contributed by atoms with van der Waals surface area (Å²) in [6.45, 7) is 8.82. The SMILES string of the molecule is CCc1cc(C(=O)NC(CCO)C(C)C)n(CC)n1. The van der Waals surface area contributed by atoms with Crippen LogP contribution in [0, 0.1) is 5.92 Å². The quantitative estimate of drug-likeness (QED) is 0.788. The fraction of sp³-hybridized carbons (Fsp3) is 0.714. The Balaban J connectivity index is 2.84. The monoisotopic (exact) mass is 267 g/mol. The molecule has 5 heteroatoms. The molecule has 5 nitrogen and oxygen atoms in total. The van der Waals surface area contributed by atoms with Crippen LogP contribution in [0.5, 0.6) is 0 Å². The Bertz CT molecular complexity index is 413. The van der Waals surface area contributed by atoms with Crippen LogP contribution < -0.4 is 5.32 Å². The molecular formula is C14H25N3O2. The maximum absolute atomic E-state index is 12.3. The van der Waals surface area contributed by atoms with Gasteiger partial charge in [-0.1, -0.05) is 20.8 Å². The van der Waals surface area contributed by atoms with Crippen molar-refractivity contribution in [2.24, 2.45) is 5.92 Å². The van der Waals surface area contributed by atoms with Crippen molar-refractivity contribution in [2.45, 2.75) is 53.1 Å². The maximum Gasteiger partial charge on any atom is 0.269 e. The van der Waals surface area contributed by atoms with Crippen molar-refractivity contribution in [3.8, 4) is 0 Å². The summed E-state index contributed by atoms with van der Waals surface area (Å²) in [5.41, 5.74) is 1.53. The molecule has 1 amide bonds. The second kappa shape index (κ2) is 7.28. The first kappa shape index (κ1) is 15.7. The number of nitrogens with zero attached hydrogens (tertiary/aromatic N) is 2. The Morgan fingerprint density at radius 1 is 1.47 bits per heavy atom. The van der Waals surface area contributed by atoms with Crippen LogP contribution in [0.15, 0.2) is 6.07 Å². The Morgan fingerprint density at radius 2 is 2.16 bits per heavy atom. The largest absolute Gasteiger partial charge is 0.396 e. The number of carbonyl (C=O) groups excluding carboxylic acids is 1. The van der Waals surface area contributed by atoms with Gasteiger partial charge in [-0.05, 0) is 31.7 Å². The summed E-state index contributed by atoms with van der Waals surface area (Å²) in [6, 6.07) is 1.83. The average molecular weight is 267 g/mol. The van der Waals surface area contributed by atoms with Gasteiger partial charge in [-0.3, -0.25) is 9.48 Å². The third-order valence-corrected chi connectivity index (χ3v) is 3.29. The molecule has 0 bridgehead atoms. The van der Waals surface area contributed by atoms with E-state index in [-0.39, 0.29) is 18.6 Å². The molecule has 0 aliphatic heterocycles. The first-order valence-electron chi connectivity index (χ1n) is 7.01. The Kier molecular flexibility index (Phi) is 6.02. The van der Waals surface area contributed by atoms with Crippen LogP contribution in [-0.2, 0) is 13.0 Å². The highest BCUT2D eigenvalue weighted by Gasteiger charge is 2.19. The number of aliphatic hydroxyl groups is 1. The van der Waals surface area contributed by atoms with Crippen LogP contribution in [0.1, 0.15) is 50.3 Å². The number of aliphatic hydroxyl groups excluding tert-OH is 1. The molecule has 19 heavy (non-hydrogen) atoms. The third-order valence-electron chi connectivity index (χ3n) is 3.29. The van der Waals surface area contributed by atoms with Gasteiger partial charge >= 0.3 is 0 Å². The molecule has 1 atom stereocenters. The Hall–Kier alpha value is -1.36. The van der Waals surface area contributed by atoms with E-state index in [9.17, 15) is 4.79 Å². The first-order valence-corrected chi connectivity index (χ1v) is 7.01. The molecule has 1 aromatic rings. The van der Waals surface area contributed by atoms with Crippen molar-refractivity contribution in [3.05, 3.63) is 17.5 Å². The lowest BCUT2D eigenvalue weighted by molar-refractivity contribution is 0.0905. The van der Waals surface area contributed by atoms with Gasteiger partial charge < -0.3 is 10.4 Å². The van der Waals surface area contributed by atoms with Gasteiger partial charge in [0.25, 0.3) is 5.91 Å². The zero-order chi connectivity index (χ0) is 14.4. The summed E-state index contributed by atoms with van der Waals surface area (Å²) in [5, 5.41) is 16.4. The summed E-state index contributed by atoms with van der Waals surface area (Å²) < 4.78 is 1.73. The fourth-order valence-electron chi connectivity index (χ4n) is 2.02. The van der Waals surface area contributed by atoms with E-state index in [1.165, 1.54) is 0 Å².